The SMILES string of the molecule is CCOc1cc(C2NN=C3CCN(Cc4ccccc4)CC32)ccc1OC. The molecule has 2 heterocycles. The van der Waals surface area contributed by atoms with Crippen molar-refractivity contribution < 1.29 is 9.47 Å². The number of hydrogen-bond donors (Lipinski definition) is 1. The molecule has 5 nitrogen and oxygen atoms in total. The van der Waals surface area contributed by atoms with Crippen molar-refractivity contribution in [3.8, 4) is 11.5 Å². The Bertz CT molecular complexity index is 806. The van der Waals surface area contributed by atoms with E-state index in [2.05, 4.69) is 57.9 Å². The lowest BCUT2D eigenvalue weighted by atomic mass is 9.86. The number of nitrogens with one attached hydrogen (secondary N) is 1. The summed E-state index contributed by atoms with van der Waals surface area (Å²) in [5.74, 6) is 1.96. The molecule has 1 fully saturated rings. The summed E-state index contributed by atoms with van der Waals surface area (Å²) in [6, 6.07) is 17.1. The number of fused-ring (bicyclic) bond motifs is 1. The highest BCUT2D eigenvalue weighted by molar-refractivity contribution is 5.90. The average Bonchev–Trinajstić information content (AvgIpc) is 3.12. The van der Waals surface area contributed by atoms with Crippen molar-refractivity contribution in [1.29, 1.82) is 0 Å². The van der Waals surface area contributed by atoms with Crippen molar-refractivity contribution in [2.45, 2.75) is 25.9 Å². The Balaban J connectivity index is 1.51. The van der Waals surface area contributed by atoms with Crippen LogP contribution in [0.4, 0.5) is 0 Å². The Morgan fingerprint density at radius 2 is 2.00 bits per heavy atom. The van der Waals surface area contributed by atoms with Gasteiger partial charge in [0, 0.05) is 37.7 Å². The van der Waals surface area contributed by atoms with Crippen LogP contribution >= 0.6 is 0 Å². The van der Waals surface area contributed by atoms with Gasteiger partial charge in [-0.1, -0.05) is 36.4 Å². The molecule has 0 bridgehead atoms. The number of hydrazone groups is 1. The first kappa shape index (κ1) is 17.9. The number of hydrogen-bond acceptors (Lipinski definition) is 5. The van der Waals surface area contributed by atoms with E-state index in [4.69, 9.17) is 9.47 Å². The van der Waals surface area contributed by atoms with Crippen molar-refractivity contribution in [3.63, 3.8) is 0 Å². The summed E-state index contributed by atoms with van der Waals surface area (Å²) in [5, 5.41) is 4.64. The molecule has 2 aromatic rings. The number of likely N-dealkylation sites (tertiary alicyclic amines) is 1. The number of ether oxygens (including phenoxy) is 2. The molecule has 0 spiro atoms. The lowest BCUT2D eigenvalue weighted by molar-refractivity contribution is 0.220. The Labute approximate surface area is 161 Å². The summed E-state index contributed by atoms with van der Waals surface area (Å²) >= 11 is 0. The molecule has 2 aliphatic heterocycles. The molecule has 27 heavy (non-hydrogen) atoms. The summed E-state index contributed by atoms with van der Waals surface area (Å²) in [7, 11) is 1.68. The molecule has 1 saturated heterocycles. The highest BCUT2D eigenvalue weighted by Crippen LogP contribution is 2.37. The fourth-order valence-corrected chi connectivity index (χ4v) is 4.06. The number of methoxy groups -OCH3 is 1. The molecule has 2 atom stereocenters. The van der Waals surface area contributed by atoms with Gasteiger partial charge in [-0.15, -0.1) is 0 Å². The van der Waals surface area contributed by atoms with E-state index in [9.17, 15) is 0 Å². The maximum Gasteiger partial charge on any atom is 0.161 e. The van der Waals surface area contributed by atoms with E-state index in [0.29, 0.717) is 12.5 Å². The molecule has 1 N–H and O–H groups in total. The molecular weight excluding hydrogens is 338 g/mol. The topological polar surface area (TPSA) is 46.1 Å². The van der Waals surface area contributed by atoms with Crippen molar-refractivity contribution in [1.82, 2.24) is 10.3 Å². The Hall–Kier alpha value is -2.53. The predicted molar refractivity (Wildman–Crippen MR) is 107 cm³/mol. The van der Waals surface area contributed by atoms with Gasteiger partial charge in [-0.25, -0.2) is 0 Å². The Morgan fingerprint density at radius 1 is 1.15 bits per heavy atom. The third kappa shape index (κ3) is 3.78. The number of nitrogens with zero attached hydrogens (tertiary/aromatic N) is 2. The maximum atomic E-state index is 5.76. The summed E-state index contributed by atoms with van der Waals surface area (Å²) < 4.78 is 11.2. The smallest absolute Gasteiger partial charge is 0.161 e. The van der Waals surface area contributed by atoms with Crippen LogP contribution in [0.15, 0.2) is 53.6 Å². The zero-order chi connectivity index (χ0) is 18.6. The van der Waals surface area contributed by atoms with Crippen LogP contribution in [0.3, 0.4) is 0 Å². The van der Waals surface area contributed by atoms with Gasteiger partial charge in [0.2, 0.25) is 0 Å². The van der Waals surface area contributed by atoms with E-state index in [-0.39, 0.29) is 6.04 Å². The lowest BCUT2D eigenvalue weighted by Gasteiger charge is -2.33. The zero-order valence-corrected chi connectivity index (χ0v) is 16.0. The molecular formula is C22H27N3O2. The quantitative estimate of drug-likeness (QED) is 0.849. The second-order valence-electron chi connectivity index (χ2n) is 7.13. The maximum absolute atomic E-state index is 5.76. The summed E-state index contributed by atoms with van der Waals surface area (Å²) in [6.07, 6.45) is 1.02. The minimum Gasteiger partial charge on any atom is -0.493 e. The van der Waals surface area contributed by atoms with Gasteiger partial charge in [-0.05, 0) is 30.2 Å². The van der Waals surface area contributed by atoms with E-state index in [1.54, 1.807) is 7.11 Å². The van der Waals surface area contributed by atoms with Crippen molar-refractivity contribution in [2.24, 2.45) is 11.0 Å². The van der Waals surface area contributed by atoms with Crippen LogP contribution in [0, 0.1) is 5.92 Å². The molecule has 5 heteroatoms. The van der Waals surface area contributed by atoms with Gasteiger partial charge in [0.25, 0.3) is 0 Å². The molecule has 2 unspecified atom stereocenters. The highest BCUT2D eigenvalue weighted by atomic mass is 16.5. The molecule has 2 aliphatic rings. The molecule has 0 amide bonds. The minimum absolute atomic E-state index is 0.184. The van der Waals surface area contributed by atoms with E-state index >= 15 is 0 Å². The van der Waals surface area contributed by atoms with Crippen LogP contribution in [0.2, 0.25) is 0 Å². The second kappa shape index (κ2) is 8.01. The molecule has 2 aromatic carbocycles. The number of rotatable bonds is 6. The van der Waals surface area contributed by atoms with Gasteiger partial charge in [0.15, 0.2) is 11.5 Å². The van der Waals surface area contributed by atoms with Crippen molar-refractivity contribution in [3.05, 3.63) is 59.7 Å². The Kier molecular flexibility index (Phi) is 5.30. The van der Waals surface area contributed by atoms with Gasteiger partial charge in [0.05, 0.1) is 19.8 Å². The fourth-order valence-electron chi connectivity index (χ4n) is 4.06. The van der Waals surface area contributed by atoms with Gasteiger partial charge in [0.1, 0.15) is 0 Å². The first-order chi connectivity index (χ1) is 13.3. The molecule has 4 rings (SSSR count). The van der Waals surface area contributed by atoms with Crippen LogP contribution in [0.25, 0.3) is 0 Å². The van der Waals surface area contributed by atoms with Crippen LogP contribution in [0.5, 0.6) is 11.5 Å². The van der Waals surface area contributed by atoms with Gasteiger partial charge in [-0.3, -0.25) is 4.90 Å². The molecule has 0 aliphatic carbocycles. The first-order valence-electron chi connectivity index (χ1n) is 9.67. The highest BCUT2D eigenvalue weighted by Gasteiger charge is 2.37. The van der Waals surface area contributed by atoms with Crippen molar-refractivity contribution in [2.75, 3.05) is 26.8 Å². The largest absolute Gasteiger partial charge is 0.493 e. The summed E-state index contributed by atoms with van der Waals surface area (Å²) in [6.45, 7) is 5.68. The van der Waals surface area contributed by atoms with Crippen LogP contribution in [-0.4, -0.2) is 37.4 Å². The Morgan fingerprint density at radius 3 is 2.78 bits per heavy atom. The second-order valence-corrected chi connectivity index (χ2v) is 7.13. The first-order valence-corrected chi connectivity index (χ1v) is 9.67. The van der Waals surface area contributed by atoms with E-state index in [1.807, 2.05) is 13.0 Å². The number of benzene rings is 2. The zero-order valence-electron chi connectivity index (χ0n) is 16.0. The average molecular weight is 365 g/mol. The van der Waals surface area contributed by atoms with Gasteiger partial charge in [-0.2, -0.15) is 5.10 Å². The normalized spacial score (nSPS) is 21.9. The molecule has 0 aromatic heterocycles. The van der Waals surface area contributed by atoms with E-state index < -0.39 is 0 Å². The summed E-state index contributed by atoms with van der Waals surface area (Å²) in [4.78, 5) is 2.53. The van der Waals surface area contributed by atoms with Crippen LogP contribution in [0.1, 0.15) is 30.5 Å². The summed E-state index contributed by atoms with van der Waals surface area (Å²) in [5.41, 5.74) is 7.22. The van der Waals surface area contributed by atoms with Crippen molar-refractivity contribution >= 4 is 5.71 Å². The molecule has 0 saturated carbocycles. The van der Waals surface area contributed by atoms with Gasteiger partial charge < -0.3 is 14.9 Å². The van der Waals surface area contributed by atoms with Gasteiger partial charge >= 0.3 is 0 Å². The monoisotopic (exact) mass is 365 g/mol. The van der Waals surface area contributed by atoms with E-state index in [1.165, 1.54) is 16.8 Å². The lowest BCUT2D eigenvalue weighted by Crippen LogP contribution is -2.41. The third-order valence-electron chi connectivity index (χ3n) is 5.41. The van der Waals surface area contributed by atoms with E-state index in [0.717, 1.165) is 37.6 Å². The van der Waals surface area contributed by atoms with Crippen LogP contribution < -0.4 is 14.9 Å². The number of piperidine rings is 1. The fraction of sp³-hybridized carbons (Fsp3) is 0.409. The third-order valence-corrected chi connectivity index (χ3v) is 5.41. The van der Waals surface area contributed by atoms with Crippen LogP contribution in [-0.2, 0) is 6.54 Å². The molecule has 142 valence electrons. The standard InChI is InChI=1S/C22H27N3O2/c1-3-27-21-13-17(9-10-20(21)26-2)22-18-15-25(12-11-19(18)23-24-22)14-16-7-5-4-6-8-16/h4-10,13,18,22,24H,3,11-12,14-15H2,1-2H3. The minimum atomic E-state index is 0.184. The molecule has 0 radical (unpaired) electrons. The predicted octanol–water partition coefficient (Wildman–Crippen LogP) is 3.62.